The molecular weight excluding hydrogens is 424 g/mol. The normalized spacial score (nSPS) is 12.1. The van der Waals surface area contributed by atoms with Gasteiger partial charge in [-0.2, -0.15) is 0 Å². The van der Waals surface area contributed by atoms with Crippen molar-refractivity contribution in [1.82, 2.24) is 0 Å². The fraction of sp³-hybridized carbons (Fsp3) is 0.303. The van der Waals surface area contributed by atoms with Crippen molar-refractivity contribution < 1.29 is 0 Å². The Morgan fingerprint density at radius 3 is 2.14 bits per heavy atom. The average Bonchev–Trinajstić information content (AvgIpc) is 2.90. The van der Waals surface area contributed by atoms with Crippen molar-refractivity contribution in [2.45, 2.75) is 62.3 Å². The van der Waals surface area contributed by atoms with Crippen LogP contribution in [0.25, 0.3) is 12.2 Å². The summed E-state index contributed by atoms with van der Waals surface area (Å²) < 4.78 is 0. The van der Waals surface area contributed by atoms with Crippen LogP contribution in [0.4, 0.5) is 5.69 Å². The first-order chi connectivity index (χ1) is 17.0. The number of benzene rings is 2. The number of anilines is 1. The molecule has 0 aromatic heterocycles. The van der Waals surface area contributed by atoms with Gasteiger partial charge in [0.15, 0.2) is 0 Å². The van der Waals surface area contributed by atoms with Crippen LogP contribution in [0.15, 0.2) is 95.7 Å². The Morgan fingerprint density at radius 2 is 1.57 bits per heavy atom. The summed E-state index contributed by atoms with van der Waals surface area (Å²) in [6, 6.07) is 14.7. The standard InChI is InChI=1S/C29H34N2.2C2H6/c1-7-10-11-14-23(5)29(31-24(6)26-19-17-22(4)18-20-26)21-30-28-16-12-15-25(9-3)27(28)13-8-2;2*1-2/h7-20,30H,3,21H2,1-2,4-6H3;2*1-2H3/b10-7-,13-8-,14-11-,29-23+,31-24?;;. The van der Waals surface area contributed by atoms with Gasteiger partial charge in [-0.25, -0.2) is 0 Å². The van der Waals surface area contributed by atoms with Crippen molar-refractivity contribution in [2.24, 2.45) is 4.99 Å². The van der Waals surface area contributed by atoms with Gasteiger partial charge in [0, 0.05) is 17.0 Å². The average molecular weight is 471 g/mol. The van der Waals surface area contributed by atoms with Crippen LogP contribution in [0.1, 0.15) is 77.6 Å². The van der Waals surface area contributed by atoms with Gasteiger partial charge in [-0.05, 0) is 57.4 Å². The van der Waals surface area contributed by atoms with Gasteiger partial charge in [0.05, 0.1) is 12.2 Å². The minimum atomic E-state index is 0.625. The number of nitrogens with zero attached hydrogens (tertiary/aromatic N) is 1. The molecule has 0 heterocycles. The van der Waals surface area contributed by atoms with E-state index in [9.17, 15) is 0 Å². The molecule has 0 radical (unpaired) electrons. The third kappa shape index (κ3) is 11.1. The van der Waals surface area contributed by atoms with E-state index in [1.54, 1.807) is 0 Å². The van der Waals surface area contributed by atoms with Crippen molar-refractivity contribution in [3.63, 3.8) is 0 Å². The number of hydrogen-bond acceptors (Lipinski definition) is 2. The topological polar surface area (TPSA) is 24.4 Å². The zero-order valence-corrected chi connectivity index (χ0v) is 23.4. The lowest BCUT2D eigenvalue weighted by Gasteiger charge is -2.14. The van der Waals surface area contributed by atoms with Gasteiger partial charge in [-0.3, -0.25) is 4.99 Å². The highest BCUT2D eigenvalue weighted by molar-refractivity contribution is 5.99. The summed E-state index contributed by atoms with van der Waals surface area (Å²) >= 11 is 0. The molecule has 0 aliphatic carbocycles. The van der Waals surface area contributed by atoms with Crippen LogP contribution >= 0.6 is 0 Å². The van der Waals surface area contributed by atoms with E-state index in [2.05, 4.69) is 99.4 Å². The lowest BCUT2D eigenvalue weighted by atomic mass is 10.0. The molecule has 2 rings (SSSR count). The van der Waals surface area contributed by atoms with Gasteiger partial charge in [-0.1, -0.05) is 119 Å². The molecule has 0 spiro atoms. The zero-order chi connectivity index (χ0) is 26.6. The van der Waals surface area contributed by atoms with E-state index in [0.29, 0.717) is 6.54 Å². The largest absolute Gasteiger partial charge is 0.379 e. The Labute approximate surface area is 215 Å². The van der Waals surface area contributed by atoms with Crippen molar-refractivity contribution in [3.05, 3.63) is 113 Å². The molecule has 0 saturated heterocycles. The Kier molecular flexibility index (Phi) is 17.1. The van der Waals surface area contributed by atoms with E-state index >= 15 is 0 Å². The van der Waals surface area contributed by atoms with Crippen molar-refractivity contribution in [3.8, 4) is 0 Å². The Hall–Kier alpha value is -3.39. The number of hydrogen-bond donors (Lipinski definition) is 1. The molecule has 1 N–H and O–H groups in total. The first-order valence-corrected chi connectivity index (χ1v) is 12.7. The molecule has 0 unspecified atom stereocenters. The van der Waals surface area contributed by atoms with E-state index in [-0.39, 0.29) is 0 Å². The van der Waals surface area contributed by atoms with Gasteiger partial charge in [-0.15, -0.1) is 0 Å². The van der Waals surface area contributed by atoms with Crippen LogP contribution < -0.4 is 5.32 Å². The predicted octanol–water partition coefficient (Wildman–Crippen LogP) is 10.1. The van der Waals surface area contributed by atoms with Gasteiger partial charge in [0.25, 0.3) is 0 Å². The Morgan fingerprint density at radius 1 is 0.914 bits per heavy atom. The van der Waals surface area contributed by atoms with Crippen LogP contribution in [0, 0.1) is 6.92 Å². The molecule has 0 aliphatic rings. The highest BCUT2D eigenvalue weighted by Gasteiger charge is 2.07. The fourth-order valence-corrected chi connectivity index (χ4v) is 3.18. The third-order valence-electron chi connectivity index (χ3n) is 5.02. The van der Waals surface area contributed by atoms with Crippen LogP contribution in [0.2, 0.25) is 0 Å². The third-order valence-corrected chi connectivity index (χ3v) is 5.02. The van der Waals surface area contributed by atoms with E-state index in [0.717, 1.165) is 39.4 Å². The number of aryl methyl sites for hydroxylation is 1. The highest BCUT2D eigenvalue weighted by Crippen LogP contribution is 2.24. The lowest BCUT2D eigenvalue weighted by molar-refractivity contribution is 1.12. The van der Waals surface area contributed by atoms with E-state index in [1.807, 2.05) is 59.8 Å². The molecule has 0 atom stereocenters. The lowest BCUT2D eigenvalue weighted by Crippen LogP contribution is -2.08. The summed E-state index contributed by atoms with van der Waals surface area (Å²) in [5.41, 5.74) is 8.84. The summed E-state index contributed by atoms with van der Waals surface area (Å²) in [7, 11) is 0. The van der Waals surface area contributed by atoms with Gasteiger partial charge >= 0.3 is 0 Å². The fourth-order valence-electron chi connectivity index (χ4n) is 3.18. The first-order valence-electron chi connectivity index (χ1n) is 12.7. The second-order valence-corrected chi connectivity index (χ2v) is 7.44. The minimum Gasteiger partial charge on any atom is -0.379 e. The summed E-state index contributed by atoms with van der Waals surface area (Å²) in [5.74, 6) is 0. The van der Waals surface area contributed by atoms with Crippen molar-refractivity contribution in [2.75, 3.05) is 11.9 Å². The van der Waals surface area contributed by atoms with Crippen LogP contribution in [0.3, 0.4) is 0 Å². The minimum absolute atomic E-state index is 0.625. The van der Waals surface area contributed by atoms with Crippen LogP contribution in [-0.2, 0) is 0 Å². The molecule has 0 saturated carbocycles. The maximum atomic E-state index is 5.01. The molecule has 35 heavy (non-hydrogen) atoms. The predicted molar refractivity (Wildman–Crippen MR) is 162 cm³/mol. The van der Waals surface area contributed by atoms with E-state index < -0.39 is 0 Å². The van der Waals surface area contributed by atoms with Crippen molar-refractivity contribution >= 4 is 23.6 Å². The monoisotopic (exact) mass is 470 g/mol. The van der Waals surface area contributed by atoms with Gasteiger partial charge in [0.1, 0.15) is 0 Å². The molecule has 0 fully saturated rings. The Bertz CT molecular complexity index is 1030. The van der Waals surface area contributed by atoms with Crippen LogP contribution in [-0.4, -0.2) is 12.3 Å². The van der Waals surface area contributed by atoms with E-state index in [1.165, 1.54) is 5.56 Å². The molecule has 0 aliphatic heterocycles. The second-order valence-electron chi connectivity index (χ2n) is 7.44. The molecule has 2 aromatic carbocycles. The maximum Gasteiger partial charge on any atom is 0.0627 e. The number of nitrogens with one attached hydrogen (secondary N) is 1. The second kappa shape index (κ2) is 19.0. The van der Waals surface area contributed by atoms with Gasteiger partial charge in [0.2, 0.25) is 0 Å². The smallest absolute Gasteiger partial charge is 0.0627 e. The molecule has 188 valence electrons. The molecule has 2 nitrogen and oxygen atoms in total. The molecule has 2 heteroatoms. The highest BCUT2D eigenvalue weighted by atomic mass is 14.9. The quantitative estimate of drug-likeness (QED) is 0.286. The molecule has 2 aromatic rings. The number of allylic oxidation sites excluding steroid dienone is 6. The Balaban J connectivity index is 0.00000274. The molecular formula is C33H46N2. The zero-order valence-electron chi connectivity index (χ0n) is 23.4. The summed E-state index contributed by atoms with van der Waals surface area (Å²) in [4.78, 5) is 5.01. The van der Waals surface area contributed by atoms with Crippen molar-refractivity contribution in [1.29, 1.82) is 0 Å². The molecule has 0 amide bonds. The maximum absolute atomic E-state index is 5.01. The summed E-state index contributed by atoms with van der Waals surface area (Å²) in [5, 5.41) is 3.59. The van der Waals surface area contributed by atoms with Crippen LogP contribution in [0.5, 0.6) is 0 Å². The SMILES string of the molecule is C=Cc1cccc(NC\C(N=C(C)c2ccc(C)cc2)=C(C)/C=C\C=C/C)c1/C=C\C.CC.CC. The summed E-state index contributed by atoms with van der Waals surface area (Å²) in [6.07, 6.45) is 14.3. The summed E-state index contributed by atoms with van der Waals surface area (Å²) in [6.45, 7) is 22.9. The number of rotatable bonds is 9. The first kappa shape index (κ1) is 31.6. The molecule has 0 bridgehead atoms. The van der Waals surface area contributed by atoms with E-state index in [4.69, 9.17) is 4.99 Å². The number of aliphatic imine (C=N–C) groups is 1. The van der Waals surface area contributed by atoms with Gasteiger partial charge < -0.3 is 5.32 Å².